The second-order valence-corrected chi connectivity index (χ2v) is 6.62. The molecule has 1 amide bonds. The van der Waals surface area contributed by atoms with E-state index in [-0.39, 0.29) is 12.7 Å². The Morgan fingerprint density at radius 3 is 2.69 bits per heavy atom. The molecule has 0 unspecified atom stereocenters. The summed E-state index contributed by atoms with van der Waals surface area (Å²) in [6.07, 6.45) is 3.23. The van der Waals surface area contributed by atoms with E-state index < -0.39 is 0 Å². The number of hydrogen-bond acceptors (Lipinski definition) is 4. The molecule has 5 rings (SSSR count). The van der Waals surface area contributed by atoms with Gasteiger partial charge in [0.05, 0.1) is 11.0 Å². The van der Waals surface area contributed by atoms with Crippen LogP contribution in [0.5, 0.6) is 11.5 Å². The number of hydrogen-bond donors (Lipinski definition) is 2. The zero-order chi connectivity index (χ0) is 19.6. The van der Waals surface area contributed by atoms with Crippen LogP contribution in [0.15, 0.2) is 72.8 Å². The van der Waals surface area contributed by atoms with Gasteiger partial charge in [-0.2, -0.15) is 0 Å². The first-order valence-corrected chi connectivity index (χ1v) is 9.18. The number of fused-ring (bicyclic) bond motifs is 2. The van der Waals surface area contributed by atoms with E-state index in [0.29, 0.717) is 11.4 Å². The van der Waals surface area contributed by atoms with Gasteiger partial charge in [-0.25, -0.2) is 4.98 Å². The molecule has 0 bridgehead atoms. The molecule has 4 aromatic rings. The standard InChI is InChI=1S/C23H17N3O3/c27-22(12-6-15-5-11-20-21(13-15)29-14-28-20)24-17-9-7-16(8-10-17)23-25-18-3-1-2-4-19(18)26-23/h1-13H,14H2,(H,24,27)(H,25,26)/b12-6+. The largest absolute Gasteiger partial charge is 0.454 e. The highest BCUT2D eigenvalue weighted by atomic mass is 16.7. The predicted molar refractivity (Wildman–Crippen MR) is 112 cm³/mol. The van der Waals surface area contributed by atoms with E-state index in [1.807, 2.05) is 66.7 Å². The highest BCUT2D eigenvalue weighted by molar-refractivity contribution is 6.02. The normalized spacial score (nSPS) is 12.6. The number of nitrogens with one attached hydrogen (secondary N) is 2. The molecule has 1 aromatic heterocycles. The van der Waals surface area contributed by atoms with Gasteiger partial charge in [-0.05, 0) is 60.2 Å². The van der Waals surface area contributed by atoms with Crippen molar-refractivity contribution >= 4 is 28.7 Å². The van der Waals surface area contributed by atoms with E-state index in [0.717, 1.165) is 33.7 Å². The second-order valence-electron chi connectivity index (χ2n) is 6.62. The summed E-state index contributed by atoms with van der Waals surface area (Å²) in [7, 11) is 0. The maximum absolute atomic E-state index is 12.2. The van der Waals surface area contributed by atoms with Gasteiger partial charge in [0.15, 0.2) is 11.5 Å². The minimum Gasteiger partial charge on any atom is -0.454 e. The van der Waals surface area contributed by atoms with Gasteiger partial charge in [0.25, 0.3) is 0 Å². The lowest BCUT2D eigenvalue weighted by Crippen LogP contribution is -2.07. The van der Waals surface area contributed by atoms with E-state index in [9.17, 15) is 4.79 Å². The first-order valence-electron chi connectivity index (χ1n) is 9.18. The van der Waals surface area contributed by atoms with Crippen LogP contribution < -0.4 is 14.8 Å². The third-order valence-corrected chi connectivity index (χ3v) is 4.64. The fourth-order valence-electron chi connectivity index (χ4n) is 3.17. The van der Waals surface area contributed by atoms with E-state index in [2.05, 4.69) is 15.3 Å². The molecule has 0 spiro atoms. The summed E-state index contributed by atoms with van der Waals surface area (Å²) in [5.74, 6) is 2.00. The van der Waals surface area contributed by atoms with Crippen molar-refractivity contribution in [2.75, 3.05) is 12.1 Å². The minimum atomic E-state index is -0.209. The molecule has 0 aliphatic carbocycles. The number of ether oxygens (including phenoxy) is 2. The first kappa shape index (κ1) is 17.1. The molecule has 0 saturated carbocycles. The number of para-hydroxylation sites is 2. The van der Waals surface area contributed by atoms with Crippen molar-refractivity contribution in [1.29, 1.82) is 0 Å². The minimum absolute atomic E-state index is 0.209. The molecule has 3 aromatic carbocycles. The van der Waals surface area contributed by atoms with Crippen molar-refractivity contribution in [1.82, 2.24) is 9.97 Å². The third kappa shape index (κ3) is 3.55. The van der Waals surface area contributed by atoms with Crippen LogP contribution in [-0.4, -0.2) is 22.7 Å². The molecule has 0 saturated heterocycles. The Labute approximate surface area is 166 Å². The van der Waals surface area contributed by atoms with Crippen LogP contribution in [0.2, 0.25) is 0 Å². The summed E-state index contributed by atoms with van der Waals surface area (Å²) in [6.45, 7) is 0.229. The summed E-state index contributed by atoms with van der Waals surface area (Å²) in [5.41, 5.74) is 4.45. The van der Waals surface area contributed by atoms with Crippen molar-refractivity contribution in [2.45, 2.75) is 0 Å². The third-order valence-electron chi connectivity index (χ3n) is 4.64. The molecular weight excluding hydrogens is 366 g/mol. The zero-order valence-corrected chi connectivity index (χ0v) is 15.4. The lowest BCUT2D eigenvalue weighted by Gasteiger charge is -2.03. The quantitative estimate of drug-likeness (QED) is 0.505. The predicted octanol–water partition coefficient (Wildman–Crippen LogP) is 4.61. The van der Waals surface area contributed by atoms with Crippen molar-refractivity contribution in [2.24, 2.45) is 0 Å². The van der Waals surface area contributed by atoms with Gasteiger partial charge in [-0.15, -0.1) is 0 Å². The number of amides is 1. The number of aromatic amines is 1. The molecule has 0 atom stereocenters. The number of benzene rings is 3. The van der Waals surface area contributed by atoms with Gasteiger partial charge in [-0.1, -0.05) is 18.2 Å². The summed E-state index contributed by atoms with van der Waals surface area (Å²) >= 11 is 0. The Balaban J connectivity index is 1.26. The van der Waals surface area contributed by atoms with Crippen LogP contribution >= 0.6 is 0 Å². The molecular formula is C23H17N3O3. The number of rotatable bonds is 4. The van der Waals surface area contributed by atoms with Gasteiger partial charge in [0.1, 0.15) is 5.82 Å². The van der Waals surface area contributed by atoms with Crippen LogP contribution in [0.1, 0.15) is 5.56 Å². The first-order chi connectivity index (χ1) is 14.2. The molecule has 1 aliphatic rings. The van der Waals surface area contributed by atoms with E-state index in [4.69, 9.17) is 9.47 Å². The van der Waals surface area contributed by atoms with Crippen molar-refractivity contribution in [3.05, 3.63) is 78.4 Å². The molecule has 0 fully saturated rings. The number of aromatic nitrogens is 2. The van der Waals surface area contributed by atoms with Crippen molar-refractivity contribution < 1.29 is 14.3 Å². The molecule has 0 radical (unpaired) electrons. The smallest absolute Gasteiger partial charge is 0.248 e. The number of nitrogens with zero attached hydrogens (tertiary/aromatic N) is 1. The number of carbonyl (C=O) groups is 1. The Morgan fingerprint density at radius 1 is 1.00 bits per heavy atom. The Morgan fingerprint density at radius 2 is 1.83 bits per heavy atom. The molecule has 6 heteroatoms. The van der Waals surface area contributed by atoms with Crippen LogP contribution in [0.4, 0.5) is 5.69 Å². The van der Waals surface area contributed by atoms with Crippen molar-refractivity contribution in [3.8, 4) is 22.9 Å². The Hall–Kier alpha value is -4.06. The summed E-state index contributed by atoms with van der Waals surface area (Å²) in [6, 6.07) is 21.0. The molecule has 2 heterocycles. The van der Waals surface area contributed by atoms with Crippen LogP contribution in [0, 0.1) is 0 Å². The zero-order valence-electron chi connectivity index (χ0n) is 15.4. The number of anilines is 1. The van der Waals surface area contributed by atoms with Gasteiger partial charge in [0.2, 0.25) is 12.7 Å². The van der Waals surface area contributed by atoms with Gasteiger partial charge in [0, 0.05) is 17.3 Å². The fourth-order valence-corrected chi connectivity index (χ4v) is 3.17. The summed E-state index contributed by atoms with van der Waals surface area (Å²) in [4.78, 5) is 20.1. The second kappa shape index (κ2) is 7.16. The highest BCUT2D eigenvalue weighted by Crippen LogP contribution is 2.32. The van der Waals surface area contributed by atoms with Crippen LogP contribution in [-0.2, 0) is 4.79 Å². The SMILES string of the molecule is O=C(/C=C/c1ccc2c(c1)OCO2)Nc1ccc(-c2nc3ccccc3[nH]2)cc1. The molecule has 1 aliphatic heterocycles. The molecule has 6 nitrogen and oxygen atoms in total. The molecule has 2 N–H and O–H groups in total. The summed E-state index contributed by atoms with van der Waals surface area (Å²) in [5, 5.41) is 2.86. The van der Waals surface area contributed by atoms with E-state index >= 15 is 0 Å². The fraction of sp³-hybridized carbons (Fsp3) is 0.0435. The lowest BCUT2D eigenvalue weighted by atomic mass is 10.2. The monoisotopic (exact) mass is 383 g/mol. The summed E-state index contributed by atoms with van der Waals surface area (Å²) < 4.78 is 10.6. The van der Waals surface area contributed by atoms with Crippen LogP contribution in [0.3, 0.4) is 0 Å². The average molecular weight is 383 g/mol. The van der Waals surface area contributed by atoms with Gasteiger partial charge >= 0.3 is 0 Å². The Bertz CT molecular complexity index is 1190. The number of H-pyrrole nitrogens is 1. The molecule has 142 valence electrons. The average Bonchev–Trinajstić information content (AvgIpc) is 3.39. The van der Waals surface area contributed by atoms with Gasteiger partial charge in [-0.3, -0.25) is 4.79 Å². The van der Waals surface area contributed by atoms with Crippen LogP contribution in [0.25, 0.3) is 28.5 Å². The highest BCUT2D eigenvalue weighted by Gasteiger charge is 2.12. The topological polar surface area (TPSA) is 76.2 Å². The van der Waals surface area contributed by atoms with E-state index in [1.165, 1.54) is 6.08 Å². The maximum Gasteiger partial charge on any atom is 0.248 e. The maximum atomic E-state index is 12.2. The lowest BCUT2D eigenvalue weighted by molar-refractivity contribution is -0.111. The molecule has 29 heavy (non-hydrogen) atoms. The van der Waals surface area contributed by atoms with Crippen molar-refractivity contribution in [3.63, 3.8) is 0 Å². The van der Waals surface area contributed by atoms with E-state index in [1.54, 1.807) is 6.08 Å². The number of imidazole rings is 1. The van der Waals surface area contributed by atoms with Gasteiger partial charge < -0.3 is 19.8 Å². The Kier molecular flexibility index (Phi) is 4.22. The number of carbonyl (C=O) groups excluding carboxylic acids is 1.